The summed E-state index contributed by atoms with van der Waals surface area (Å²) in [5.41, 5.74) is 1.23. The van der Waals surface area contributed by atoms with Crippen molar-refractivity contribution in [1.29, 1.82) is 0 Å². The molecule has 0 N–H and O–H groups in total. The van der Waals surface area contributed by atoms with Crippen LogP contribution in [-0.2, 0) is 0 Å². The van der Waals surface area contributed by atoms with Gasteiger partial charge in [-0.15, -0.1) is 0 Å². The van der Waals surface area contributed by atoms with E-state index in [0.29, 0.717) is 43.9 Å². The Bertz CT molecular complexity index is 874. The Morgan fingerprint density at radius 1 is 0.812 bits per heavy atom. The number of benzene rings is 1. The van der Waals surface area contributed by atoms with Gasteiger partial charge in [-0.2, -0.15) is 0 Å². The van der Waals surface area contributed by atoms with E-state index in [2.05, 4.69) is 9.88 Å². The summed E-state index contributed by atoms with van der Waals surface area (Å²) in [6.45, 7) is 6.31. The number of hydrogen-bond acceptors (Lipinski definition) is 5. The van der Waals surface area contributed by atoms with E-state index in [1.807, 2.05) is 29.2 Å². The fraction of sp³-hybridized carbons (Fsp3) is 0.480. The smallest absolute Gasteiger partial charge is 0.255 e. The van der Waals surface area contributed by atoms with Crippen molar-refractivity contribution >= 4 is 11.8 Å². The topological polar surface area (TPSA) is 66.0 Å². The average molecular weight is 437 g/mol. The third kappa shape index (κ3) is 5.85. The van der Waals surface area contributed by atoms with Crippen molar-refractivity contribution in [2.45, 2.75) is 25.7 Å². The molecule has 7 nitrogen and oxygen atoms in total. The van der Waals surface area contributed by atoms with Gasteiger partial charge in [0.05, 0.1) is 12.2 Å². The second-order valence-corrected chi connectivity index (χ2v) is 8.45. The molecule has 0 radical (unpaired) electrons. The second kappa shape index (κ2) is 11.1. The first-order valence-electron chi connectivity index (χ1n) is 11.6. The van der Waals surface area contributed by atoms with Crippen molar-refractivity contribution in [2.75, 3.05) is 52.4 Å². The van der Waals surface area contributed by atoms with E-state index in [4.69, 9.17) is 4.74 Å². The van der Waals surface area contributed by atoms with Crippen LogP contribution in [0, 0.1) is 0 Å². The molecule has 3 heterocycles. The highest BCUT2D eigenvalue weighted by atomic mass is 16.5. The molecule has 2 aliphatic heterocycles. The molecule has 0 unspecified atom stereocenters. The van der Waals surface area contributed by atoms with Gasteiger partial charge in [-0.1, -0.05) is 6.42 Å². The van der Waals surface area contributed by atoms with Gasteiger partial charge in [0.2, 0.25) is 0 Å². The van der Waals surface area contributed by atoms with Crippen LogP contribution >= 0.6 is 0 Å². The van der Waals surface area contributed by atoms with Gasteiger partial charge >= 0.3 is 0 Å². The lowest BCUT2D eigenvalue weighted by Gasteiger charge is -2.34. The highest BCUT2D eigenvalue weighted by molar-refractivity contribution is 5.95. The van der Waals surface area contributed by atoms with Crippen LogP contribution in [0.15, 0.2) is 48.8 Å². The minimum Gasteiger partial charge on any atom is -0.494 e. The molecule has 0 aliphatic carbocycles. The Balaban J connectivity index is 1.20. The number of aromatic nitrogens is 1. The molecule has 2 aliphatic rings. The highest BCUT2D eigenvalue weighted by Crippen LogP contribution is 2.16. The lowest BCUT2D eigenvalue weighted by atomic mass is 10.1. The van der Waals surface area contributed by atoms with Gasteiger partial charge in [-0.3, -0.25) is 14.6 Å². The summed E-state index contributed by atoms with van der Waals surface area (Å²) in [6.07, 6.45) is 8.23. The van der Waals surface area contributed by atoms with Gasteiger partial charge in [0.25, 0.3) is 11.8 Å². The van der Waals surface area contributed by atoms with Crippen LogP contribution in [0.1, 0.15) is 46.4 Å². The van der Waals surface area contributed by atoms with Gasteiger partial charge in [-0.05, 0) is 68.8 Å². The van der Waals surface area contributed by atoms with Crippen molar-refractivity contribution < 1.29 is 14.3 Å². The highest BCUT2D eigenvalue weighted by Gasteiger charge is 2.25. The number of ether oxygens (including phenoxy) is 1. The Morgan fingerprint density at radius 2 is 1.47 bits per heavy atom. The molecule has 0 atom stereocenters. The van der Waals surface area contributed by atoms with E-state index in [0.717, 1.165) is 18.7 Å². The molecule has 32 heavy (non-hydrogen) atoms. The zero-order chi connectivity index (χ0) is 22.2. The summed E-state index contributed by atoms with van der Waals surface area (Å²) in [5, 5.41) is 0. The summed E-state index contributed by atoms with van der Waals surface area (Å²) >= 11 is 0. The normalized spacial score (nSPS) is 17.2. The molecule has 1 aromatic heterocycles. The van der Waals surface area contributed by atoms with Crippen LogP contribution in [0.5, 0.6) is 5.75 Å². The van der Waals surface area contributed by atoms with Gasteiger partial charge in [-0.25, -0.2) is 0 Å². The van der Waals surface area contributed by atoms with E-state index in [-0.39, 0.29) is 11.8 Å². The average Bonchev–Trinajstić information content (AvgIpc) is 2.87. The number of carbonyl (C=O) groups excluding carboxylic acids is 2. The van der Waals surface area contributed by atoms with E-state index in [9.17, 15) is 9.59 Å². The standard InChI is InChI=1S/C25H32N4O3/c30-24(28-15-17-29(18-16-28)25(31)22-6-4-11-26-20-22)21-7-9-23(10-8-21)32-19-5-14-27-12-2-1-3-13-27/h4,6-11,20H,1-3,5,12-19H2. The lowest BCUT2D eigenvalue weighted by molar-refractivity contribution is 0.0535. The molecular formula is C25H32N4O3. The summed E-state index contributed by atoms with van der Waals surface area (Å²) in [6, 6.07) is 10.9. The zero-order valence-corrected chi connectivity index (χ0v) is 18.6. The Kier molecular flexibility index (Phi) is 7.72. The van der Waals surface area contributed by atoms with Crippen LogP contribution in [0.25, 0.3) is 0 Å². The van der Waals surface area contributed by atoms with Gasteiger partial charge in [0.1, 0.15) is 5.75 Å². The second-order valence-electron chi connectivity index (χ2n) is 8.45. The maximum atomic E-state index is 12.9. The molecule has 0 spiro atoms. The number of likely N-dealkylation sites (tertiary alicyclic amines) is 1. The SMILES string of the molecule is O=C(c1ccc(OCCCN2CCCCC2)cc1)N1CCN(C(=O)c2cccnc2)CC1. The van der Waals surface area contributed by atoms with Crippen LogP contribution in [-0.4, -0.2) is 83.9 Å². The summed E-state index contributed by atoms with van der Waals surface area (Å²) in [5.74, 6) is 0.759. The quantitative estimate of drug-likeness (QED) is 0.625. The van der Waals surface area contributed by atoms with Crippen LogP contribution in [0.4, 0.5) is 0 Å². The zero-order valence-electron chi connectivity index (χ0n) is 18.6. The molecule has 2 fully saturated rings. The van der Waals surface area contributed by atoms with E-state index < -0.39 is 0 Å². The molecule has 170 valence electrons. The maximum Gasteiger partial charge on any atom is 0.255 e. The fourth-order valence-electron chi connectivity index (χ4n) is 4.32. The van der Waals surface area contributed by atoms with Crippen LogP contribution < -0.4 is 4.74 Å². The largest absolute Gasteiger partial charge is 0.494 e. The van der Waals surface area contributed by atoms with Gasteiger partial charge in [0.15, 0.2) is 0 Å². The molecule has 1 aromatic carbocycles. The lowest BCUT2D eigenvalue weighted by Crippen LogP contribution is -2.50. The third-order valence-electron chi connectivity index (χ3n) is 6.20. The number of amides is 2. The van der Waals surface area contributed by atoms with E-state index >= 15 is 0 Å². The van der Waals surface area contributed by atoms with Crippen LogP contribution in [0.3, 0.4) is 0 Å². The summed E-state index contributed by atoms with van der Waals surface area (Å²) in [7, 11) is 0. The summed E-state index contributed by atoms with van der Waals surface area (Å²) in [4.78, 5) is 35.5. The summed E-state index contributed by atoms with van der Waals surface area (Å²) < 4.78 is 5.86. The first-order chi connectivity index (χ1) is 15.7. The van der Waals surface area contributed by atoms with Crippen molar-refractivity contribution in [3.63, 3.8) is 0 Å². The molecule has 2 amide bonds. The van der Waals surface area contributed by atoms with Crippen molar-refractivity contribution in [1.82, 2.24) is 19.7 Å². The number of piperidine rings is 1. The molecule has 4 rings (SSSR count). The molecule has 2 aromatic rings. The van der Waals surface area contributed by atoms with Crippen molar-refractivity contribution in [3.05, 3.63) is 59.9 Å². The molecule has 2 saturated heterocycles. The predicted octanol–water partition coefficient (Wildman–Crippen LogP) is 2.93. The molecule has 0 saturated carbocycles. The Hall–Kier alpha value is -2.93. The number of carbonyl (C=O) groups is 2. The van der Waals surface area contributed by atoms with E-state index in [1.54, 1.807) is 29.4 Å². The van der Waals surface area contributed by atoms with Crippen molar-refractivity contribution in [2.24, 2.45) is 0 Å². The predicted molar refractivity (Wildman–Crippen MR) is 123 cm³/mol. The number of pyridine rings is 1. The molecule has 7 heteroatoms. The van der Waals surface area contributed by atoms with Gasteiger partial charge in [0, 0.05) is 50.7 Å². The monoisotopic (exact) mass is 436 g/mol. The third-order valence-corrected chi connectivity index (χ3v) is 6.20. The van der Waals surface area contributed by atoms with Gasteiger partial charge < -0.3 is 19.4 Å². The number of piperazine rings is 1. The molecule has 0 bridgehead atoms. The first kappa shape index (κ1) is 22.3. The fourth-order valence-corrected chi connectivity index (χ4v) is 4.32. The molecular weight excluding hydrogens is 404 g/mol. The minimum absolute atomic E-state index is 0.00451. The maximum absolute atomic E-state index is 12.9. The number of hydrogen-bond donors (Lipinski definition) is 0. The number of nitrogens with zero attached hydrogens (tertiary/aromatic N) is 4. The van der Waals surface area contributed by atoms with Crippen molar-refractivity contribution in [3.8, 4) is 5.75 Å². The van der Waals surface area contributed by atoms with Crippen LogP contribution in [0.2, 0.25) is 0 Å². The Morgan fingerprint density at radius 3 is 2.09 bits per heavy atom. The minimum atomic E-state index is -0.0352. The number of rotatable bonds is 7. The first-order valence-corrected chi connectivity index (χ1v) is 11.6. The Labute approximate surface area is 190 Å². The van der Waals surface area contributed by atoms with E-state index in [1.165, 1.54) is 32.4 Å².